The number of aryl methyl sites for hydroxylation is 1. The van der Waals surface area contributed by atoms with Gasteiger partial charge in [0.2, 0.25) is 0 Å². The molecule has 0 aliphatic rings. The van der Waals surface area contributed by atoms with Crippen LogP contribution in [0.5, 0.6) is 0 Å². The summed E-state index contributed by atoms with van der Waals surface area (Å²) in [4.78, 5) is 32.4. The van der Waals surface area contributed by atoms with Crippen LogP contribution in [-0.4, -0.2) is 34.5 Å². The Bertz CT molecular complexity index is 904. The van der Waals surface area contributed by atoms with Gasteiger partial charge in [-0.1, -0.05) is 30.1 Å². The molecule has 0 aliphatic carbocycles. The molecule has 0 saturated heterocycles. The van der Waals surface area contributed by atoms with Crippen LogP contribution in [0.2, 0.25) is 10.0 Å². The second kappa shape index (κ2) is 8.19. The lowest BCUT2D eigenvalue weighted by Gasteiger charge is -2.23. The van der Waals surface area contributed by atoms with Gasteiger partial charge in [0.1, 0.15) is 12.1 Å². The van der Waals surface area contributed by atoms with Gasteiger partial charge in [0.15, 0.2) is 5.60 Å². The molecule has 9 heteroatoms. The van der Waals surface area contributed by atoms with E-state index in [2.05, 4.69) is 15.3 Å². The lowest BCUT2D eigenvalue weighted by molar-refractivity contribution is -0.136. The molecule has 2 rings (SSSR count). The molecule has 1 N–H and O–H groups in total. The lowest BCUT2D eigenvalue weighted by Crippen LogP contribution is -2.44. The third-order valence-corrected chi connectivity index (χ3v) is 4.56. The van der Waals surface area contributed by atoms with Crippen LogP contribution < -0.4 is 5.32 Å². The summed E-state index contributed by atoms with van der Waals surface area (Å²) < 4.78 is 19.7. The minimum atomic E-state index is -1.44. The van der Waals surface area contributed by atoms with Crippen molar-refractivity contribution in [1.82, 2.24) is 15.3 Å². The van der Waals surface area contributed by atoms with Gasteiger partial charge in [-0.25, -0.2) is 19.2 Å². The Kier molecular flexibility index (Phi) is 6.38. The number of likely N-dealkylation sites (N-methyl/N-ethyl adjacent to an activating group) is 1. The van der Waals surface area contributed by atoms with Gasteiger partial charge >= 0.3 is 5.97 Å². The Morgan fingerprint density at radius 3 is 2.52 bits per heavy atom. The summed E-state index contributed by atoms with van der Waals surface area (Å²) in [7, 11) is 1.42. The highest BCUT2D eigenvalue weighted by Gasteiger charge is 2.32. The van der Waals surface area contributed by atoms with Crippen LogP contribution in [-0.2, 0) is 16.0 Å². The molecule has 27 heavy (non-hydrogen) atoms. The van der Waals surface area contributed by atoms with Crippen molar-refractivity contribution in [2.24, 2.45) is 0 Å². The molecule has 1 aromatic carbocycles. The van der Waals surface area contributed by atoms with Crippen molar-refractivity contribution in [3.63, 3.8) is 0 Å². The Balaban J connectivity index is 2.51. The normalized spacial score (nSPS) is 11.2. The molecule has 0 fully saturated rings. The molecule has 0 spiro atoms. The van der Waals surface area contributed by atoms with Gasteiger partial charge in [-0.2, -0.15) is 0 Å². The number of hydrogen-bond acceptors (Lipinski definition) is 5. The average Bonchev–Trinajstić information content (AvgIpc) is 2.61. The molecular formula is C18H18Cl2FN3O3. The molecular weight excluding hydrogens is 396 g/mol. The minimum absolute atomic E-state index is 0.0220. The second-order valence-electron chi connectivity index (χ2n) is 6.13. The zero-order valence-corrected chi connectivity index (χ0v) is 16.7. The third kappa shape index (κ3) is 4.36. The maximum absolute atomic E-state index is 14.5. The largest absolute Gasteiger partial charge is 0.446 e. The van der Waals surface area contributed by atoms with E-state index >= 15 is 0 Å². The first-order valence-electron chi connectivity index (χ1n) is 8.06. The zero-order chi connectivity index (χ0) is 20.4. The summed E-state index contributed by atoms with van der Waals surface area (Å²) in [6.07, 6.45) is 1.79. The average molecular weight is 414 g/mol. The van der Waals surface area contributed by atoms with Gasteiger partial charge < -0.3 is 10.1 Å². The van der Waals surface area contributed by atoms with Crippen LogP contribution in [0.25, 0.3) is 11.3 Å². The first kappa shape index (κ1) is 21.1. The van der Waals surface area contributed by atoms with Crippen LogP contribution in [0, 0.1) is 5.82 Å². The maximum atomic E-state index is 14.5. The Hall–Kier alpha value is -2.25. The highest BCUT2D eigenvalue weighted by molar-refractivity contribution is 6.34. The molecule has 1 heterocycles. The van der Waals surface area contributed by atoms with E-state index in [1.807, 2.05) is 6.92 Å². The molecule has 0 atom stereocenters. The highest BCUT2D eigenvalue weighted by atomic mass is 35.5. The number of ether oxygens (including phenoxy) is 1. The van der Waals surface area contributed by atoms with Crippen LogP contribution in [0.15, 0.2) is 18.5 Å². The number of amides is 1. The number of esters is 1. The van der Waals surface area contributed by atoms with E-state index in [4.69, 9.17) is 27.9 Å². The zero-order valence-electron chi connectivity index (χ0n) is 15.2. The van der Waals surface area contributed by atoms with E-state index in [-0.39, 0.29) is 26.9 Å². The van der Waals surface area contributed by atoms with Crippen molar-refractivity contribution in [3.05, 3.63) is 45.6 Å². The van der Waals surface area contributed by atoms with Crippen LogP contribution in [0.3, 0.4) is 0 Å². The summed E-state index contributed by atoms with van der Waals surface area (Å²) in [5.41, 5.74) is -0.895. The fraction of sp³-hybridized carbons (Fsp3) is 0.333. The lowest BCUT2D eigenvalue weighted by atomic mass is 10.0. The molecule has 0 radical (unpaired) electrons. The summed E-state index contributed by atoms with van der Waals surface area (Å²) in [5.74, 6) is -2.08. The third-order valence-electron chi connectivity index (χ3n) is 3.85. The fourth-order valence-corrected chi connectivity index (χ4v) is 2.92. The number of rotatable bonds is 5. The topological polar surface area (TPSA) is 81.2 Å². The summed E-state index contributed by atoms with van der Waals surface area (Å²) in [6.45, 7) is 4.70. The summed E-state index contributed by atoms with van der Waals surface area (Å²) in [6, 6.07) is 2.18. The first-order chi connectivity index (χ1) is 12.6. The Morgan fingerprint density at radius 2 is 1.93 bits per heavy atom. The van der Waals surface area contributed by atoms with Gasteiger partial charge in [0, 0.05) is 12.6 Å². The molecule has 6 nitrogen and oxygen atoms in total. The van der Waals surface area contributed by atoms with Crippen molar-refractivity contribution < 1.29 is 18.7 Å². The van der Waals surface area contributed by atoms with Gasteiger partial charge in [0.05, 0.1) is 27.0 Å². The first-order valence-corrected chi connectivity index (χ1v) is 8.82. The van der Waals surface area contributed by atoms with E-state index in [1.54, 1.807) is 0 Å². The van der Waals surface area contributed by atoms with E-state index in [1.165, 1.54) is 33.3 Å². The van der Waals surface area contributed by atoms with Crippen LogP contribution >= 0.6 is 23.2 Å². The number of carbonyl (C=O) groups excluding carboxylic acids is 2. The van der Waals surface area contributed by atoms with Gasteiger partial charge in [0.25, 0.3) is 5.91 Å². The number of aromatic nitrogens is 2. The van der Waals surface area contributed by atoms with E-state index < -0.39 is 23.3 Å². The van der Waals surface area contributed by atoms with Crippen molar-refractivity contribution in [1.29, 1.82) is 0 Å². The van der Waals surface area contributed by atoms with Crippen LogP contribution in [0.4, 0.5) is 4.39 Å². The Morgan fingerprint density at radius 1 is 1.26 bits per heavy atom. The predicted molar refractivity (Wildman–Crippen MR) is 100 cm³/mol. The van der Waals surface area contributed by atoms with E-state index in [9.17, 15) is 14.0 Å². The summed E-state index contributed by atoms with van der Waals surface area (Å²) >= 11 is 12.3. The highest BCUT2D eigenvalue weighted by Crippen LogP contribution is 2.33. The van der Waals surface area contributed by atoms with Crippen molar-refractivity contribution in [2.45, 2.75) is 32.8 Å². The fourth-order valence-electron chi connectivity index (χ4n) is 2.36. The molecule has 2 aromatic rings. The number of nitrogens with one attached hydrogen (secondary N) is 1. The quantitative estimate of drug-likeness (QED) is 0.753. The molecule has 0 saturated carbocycles. The number of benzene rings is 1. The summed E-state index contributed by atoms with van der Waals surface area (Å²) in [5, 5.41) is 2.43. The molecule has 0 aliphatic heterocycles. The molecule has 0 bridgehead atoms. The van der Waals surface area contributed by atoms with Gasteiger partial charge in [-0.15, -0.1) is 0 Å². The molecule has 0 unspecified atom stereocenters. The monoisotopic (exact) mass is 413 g/mol. The number of hydrogen-bond donors (Lipinski definition) is 1. The van der Waals surface area contributed by atoms with Crippen LogP contribution in [0.1, 0.15) is 36.8 Å². The SMILES string of the molecule is CCc1ncnc(-c2cc(C(=O)OC(C)(C)C(=O)NC)c(Cl)cc2F)c1Cl. The molecule has 1 aromatic heterocycles. The molecule has 1 amide bonds. The maximum Gasteiger partial charge on any atom is 0.340 e. The second-order valence-corrected chi connectivity index (χ2v) is 6.91. The van der Waals surface area contributed by atoms with Gasteiger partial charge in [-0.05, 0) is 32.4 Å². The predicted octanol–water partition coefficient (Wildman–Crippen LogP) is 3.83. The van der Waals surface area contributed by atoms with Crippen molar-refractivity contribution in [3.8, 4) is 11.3 Å². The number of nitrogens with zero attached hydrogens (tertiary/aromatic N) is 2. The van der Waals surface area contributed by atoms with Crippen molar-refractivity contribution >= 4 is 35.1 Å². The van der Waals surface area contributed by atoms with Crippen molar-refractivity contribution in [2.75, 3.05) is 7.05 Å². The smallest absolute Gasteiger partial charge is 0.340 e. The molecule has 144 valence electrons. The van der Waals surface area contributed by atoms with Gasteiger partial charge in [-0.3, -0.25) is 4.79 Å². The number of carbonyl (C=O) groups is 2. The minimum Gasteiger partial charge on any atom is -0.446 e. The standard InChI is InChI=1S/C18H18Cl2FN3O3/c1-5-13-14(20)15(24-8-23-13)10-6-9(11(19)7-12(10)21)16(25)27-18(2,3)17(26)22-4/h6-8H,5H2,1-4H3,(H,22,26). The van der Waals surface area contributed by atoms with E-state index in [0.29, 0.717) is 12.1 Å². The number of halogens is 3. The van der Waals surface area contributed by atoms with E-state index in [0.717, 1.165) is 6.07 Å². The Labute approximate surface area is 166 Å².